The van der Waals surface area contributed by atoms with Crippen molar-refractivity contribution in [3.8, 4) is 0 Å². The van der Waals surface area contributed by atoms with Crippen LogP contribution in [0.3, 0.4) is 0 Å². The van der Waals surface area contributed by atoms with Gasteiger partial charge in [0, 0.05) is 6.04 Å². The number of rotatable bonds is 6. The first-order valence-electron chi connectivity index (χ1n) is 6.14. The lowest BCUT2D eigenvalue weighted by Gasteiger charge is -2.17. The van der Waals surface area contributed by atoms with Gasteiger partial charge in [-0.15, -0.1) is 0 Å². The van der Waals surface area contributed by atoms with Crippen LogP contribution in [0.5, 0.6) is 0 Å². The average molecular weight is 205 g/mol. The lowest BCUT2D eigenvalue weighted by atomic mass is 10.0. The zero-order valence-corrected chi connectivity index (χ0v) is 10.2. The standard InChI is InChI=1S/C14H23N/c1-4-11-15-14(6-3)13-9-7-12(5-2)8-10-13/h7-10,14-15H,4-6,11H2,1-3H3/t14-/m1/s1. The van der Waals surface area contributed by atoms with Gasteiger partial charge in [-0.2, -0.15) is 0 Å². The van der Waals surface area contributed by atoms with E-state index in [-0.39, 0.29) is 0 Å². The van der Waals surface area contributed by atoms with Gasteiger partial charge >= 0.3 is 0 Å². The molecule has 1 nitrogen and oxygen atoms in total. The number of aryl methyl sites for hydroxylation is 1. The minimum Gasteiger partial charge on any atom is -0.310 e. The van der Waals surface area contributed by atoms with Crippen LogP contribution in [0.2, 0.25) is 0 Å². The molecule has 0 unspecified atom stereocenters. The smallest absolute Gasteiger partial charge is 0.0317 e. The summed E-state index contributed by atoms with van der Waals surface area (Å²) in [5.74, 6) is 0. The highest BCUT2D eigenvalue weighted by atomic mass is 14.9. The minimum atomic E-state index is 0.524. The maximum Gasteiger partial charge on any atom is 0.0317 e. The molecule has 1 rings (SSSR count). The summed E-state index contributed by atoms with van der Waals surface area (Å²) >= 11 is 0. The molecule has 15 heavy (non-hydrogen) atoms. The Morgan fingerprint density at radius 2 is 1.73 bits per heavy atom. The van der Waals surface area contributed by atoms with Gasteiger partial charge < -0.3 is 5.32 Å². The van der Waals surface area contributed by atoms with Crippen LogP contribution in [0, 0.1) is 0 Å². The van der Waals surface area contributed by atoms with Crippen molar-refractivity contribution in [2.24, 2.45) is 0 Å². The van der Waals surface area contributed by atoms with E-state index in [9.17, 15) is 0 Å². The molecular weight excluding hydrogens is 182 g/mol. The molecule has 0 aliphatic rings. The number of benzene rings is 1. The van der Waals surface area contributed by atoms with E-state index in [1.165, 1.54) is 17.5 Å². The molecule has 0 heterocycles. The summed E-state index contributed by atoms with van der Waals surface area (Å²) in [7, 11) is 0. The molecule has 84 valence electrons. The van der Waals surface area contributed by atoms with E-state index in [4.69, 9.17) is 0 Å². The lowest BCUT2D eigenvalue weighted by Crippen LogP contribution is -2.21. The van der Waals surface area contributed by atoms with Gasteiger partial charge in [-0.25, -0.2) is 0 Å². The molecule has 1 aromatic rings. The Hall–Kier alpha value is -0.820. The van der Waals surface area contributed by atoms with Gasteiger partial charge in [0.25, 0.3) is 0 Å². The Kier molecular flexibility index (Phi) is 5.41. The number of hydrogen-bond acceptors (Lipinski definition) is 1. The van der Waals surface area contributed by atoms with Crippen molar-refractivity contribution in [2.45, 2.75) is 46.1 Å². The second-order valence-electron chi connectivity index (χ2n) is 4.01. The molecule has 0 aromatic heterocycles. The van der Waals surface area contributed by atoms with E-state index in [1.807, 2.05) is 0 Å². The molecule has 0 spiro atoms. The summed E-state index contributed by atoms with van der Waals surface area (Å²) in [5.41, 5.74) is 2.84. The van der Waals surface area contributed by atoms with E-state index >= 15 is 0 Å². The first-order valence-corrected chi connectivity index (χ1v) is 6.14. The fourth-order valence-electron chi connectivity index (χ4n) is 1.80. The molecule has 0 radical (unpaired) electrons. The summed E-state index contributed by atoms with van der Waals surface area (Å²) < 4.78 is 0. The van der Waals surface area contributed by atoms with Gasteiger partial charge in [-0.05, 0) is 36.9 Å². The summed E-state index contributed by atoms with van der Waals surface area (Å²) in [6.07, 6.45) is 3.48. The monoisotopic (exact) mass is 205 g/mol. The Morgan fingerprint density at radius 3 is 2.20 bits per heavy atom. The van der Waals surface area contributed by atoms with Crippen LogP contribution in [-0.4, -0.2) is 6.54 Å². The summed E-state index contributed by atoms with van der Waals surface area (Å²) in [6.45, 7) is 7.75. The van der Waals surface area contributed by atoms with Crippen LogP contribution >= 0.6 is 0 Å². The molecular formula is C14H23N. The molecule has 1 aromatic carbocycles. The minimum absolute atomic E-state index is 0.524. The first-order chi connectivity index (χ1) is 7.31. The highest BCUT2D eigenvalue weighted by Crippen LogP contribution is 2.17. The summed E-state index contributed by atoms with van der Waals surface area (Å²) in [5, 5.41) is 3.57. The van der Waals surface area contributed by atoms with Crippen molar-refractivity contribution in [2.75, 3.05) is 6.54 Å². The SMILES string of the molecule is CCCN[C@H](CC)c1ccc(CC)cc1. The highest BCUT2D eigenvalue weighted by molar-refractivity contribution is 5.24. The Balaban J connectivity index is 2.65. The molecule has 1 atom stereocenters. The summed E-state index contributed by atoms with van der Waals surface area (Å²) in [6, 6.07) is 9.53. The second kappa shape index (κ2) is 6.62. The molecule has 0 aliphatic carbocycles. The molecule has 0 aliphatic heterocycles. The maximum absolute atomic E-state index is 3.57. The van der Waals surface area contributed by atoms with Gasteiger partial charge in [-0.3, -0.25) is 0 Å². The normalized spacial score (nSPS) is 12.7. The zero-order valence-electron chi connectivity index (χ0n) is 10.2. The molecule has 0 saturated carbocycles. The molecule has 0 amide bonds. The van der Waals surface area contributed by atoms with Gasteiger partial charge in [0.1, 0.15) is 0 Å². The van der Waals surface area contributed by atoms with E-state index in [0.29, 0.717) is 6.04 Å². The van der Waals surface area contributed by atoms with E-state index < -0.39 is 0 Å². The van der Waals surface area contributed by atoms with Crippen LogP contribution in [0.15, 0.2) is 24.3 Å². The van der Waals surface area contributed by atoms with Crippen molar-refractivity contribution < 1.29 is 0 Å². The van der Waals surface area contributed by atoms with Crippen LogP contribution in [0.1, 0.15) is 50.8 Å². The van der Waals surface area contributed by atoms with Gasteiger partial charge in [-0.1, -0.05) is 45.0 Å². The Bertz CT molecular complexity index is 263. The molecule has 1 N–H and O–H groups in total. The maximum atomic E-state index is 3.57. The van der Waals surface area contributed by atoms with Gasteiger partial charge in [0.05, 0.1) is 0 Å². The molecule has 0 bridgehead atoms. The number of hydrogen-bond donors (Lipinski definition) is 1. The summed E-state index contributed by atoms with van der Waals surface area (Å²) in [4.78, 5) is 0. The third-order valence-corrected chi connectivity index (χ3v) is 2.84. The predicted molar refractivity (Wildman–Crippen MR) is 67.1 cm³/mol. The topological polar surface area (TPSA) is 12.0 Å². The van der Waals surface area contributed by atoms with E-state index in [2.05, 4.69) is 50.4 Å². The Morgan fingerprint density at radius 1 is 1.07 bits per heavy atom. The van der Waals surface area contributed by atoms with E-state index in [0.717, 1.165) is 19.4 Å². The second-order valence-corrected chi connectivity index (χ2v) is 4.01. The van der Waals surface area contributed by atoms with Crippen molar-refractivity contribution in [3.05, 3.63) is 35.4 Å². The van der Waals surface area contributed by atoms with Crippen molar-refractivity contribution >= 4 is 0 Å². The average Bonchev–Trinajstić information content (AvgIpc) is 2.31. The lowest BCUT2D eigenvalue weighted by molar-refractivity contribution is 0.518. The van der Waals surface area contributed by atoms with Crippen LogP contribution < -0.4 is 5.32 Å². The number of nitrogens with one attached hydrogen (secondary N) is 1. The van der Waals surface area contributed by atoms with E-state index in [1.54, 1.807) is 0 Å². The largest absolute Gasteiger partial charge is 0.310 e. The highest BCUT2D eigenvalue weighted by Gasteiger charge is 2.06. The van der Waals surface area contributed by atoms with Crippen LogP contribution in [-0.2, 0) is 6.42 Å². The zero-order chi connectivity index (χ0) is 11.1. The van der Waals surface area contributed by atoms with Gasteiger partial charge in [0.15, 0.2) is 0 Å². The third kappa shape index (κ3) is 3.67. The van der Waals surface area contributed by atoms with Crippen molar-refractivity contribution in [3.63, 3.8) is 0 Å². The van der Waals surface area contributed by atoms with Crippen molar-refractivity contribution in [1.29, 1.82) is 0 Å². The predicted octanol–water partition coefficient (Wildman–Crippen LogP) is 3.70. The molecule has 1 heteroatoms. The Labute approximate surface area is 93.9 Å². The van der Waals surface area contributed by atoms with Crippen molar-refractivity contribution in [1.82, 2.24) is 5.32 Å². The fraction of sp³-hybridized carbons (Fsp3) is 0.571. The fourth-order valence-corrected chi connectivity index (χ4v) is 1.80. The van der Waals surface area contributed by atoms with Gasteiger partial charge in [0.2, 0.25) is 0 Å². The first kappa shape index (κ1) is 12.3. The quantitative estimate of drug-likeness (QED) is 0.746. The molecule has 0 fully saturated rings. The van der Waals surface area contributed by atoms with Crippen LogP contribution in [0.4, 0.5) is 0 Å². The van der Waals surface area contributed by atoms with Crippen LogP contribution in [0.25, 0.3) is 0 Å². The molecule has 0 saturated heterocycles. The third-order valence-electron chi connectivity index (χ3n) is 2.84.